The second kappa shape index (κ2) is 5.84. The van der Waals surface area contributed by atoms with Gasteiger partial charge in [-0.3, -0.25) is 9.59 Å². The molecule has 2 amide bonds. The van der Waals surface area contributed by atoms with E-state index in [0.717, 1.165) is 11.3 Å². The van der Waals surface area contributed by atoms with Crippen molar-refractivity contribution < 1.29 is 14.3 Å². The lowest BCUT2D eigenvalue weighted by molar-refractivity contribution is -0.125. The van der Waals surface area contributed by atoms with Gasteiger partial charge < -0.3 is 15.0 Å². The molecule has 1 aromatic rings. The molecular formula is C14H18N2O3. The van der Waals surface area contributed by atoms with E-state index in [0.29, 0.717) is 19.6 Å². The topological polar surface area (TPSA) is 58.6 Å². The van der Waals surface area contributed by atoms with Gasteiger partial charge in [0.15, 0.2) is 0 Å². The van der Waals surface area contributed by atoms with E-state index < -0.39 is 6.04 Å². The Morgan fingerprint density at radius 1 is 1.42 bits per heavy atom. The molecule has 0 radical (unpaired) electrons. The molecule has 1 fully saturated rings. The van der Waals surface area contributed by atoms with Crippen LogP contribution in [0, 0.1) is 0 Å². The van der Waals surface area contributed by atoms with Crippen LogP contribution < -0.4 is 10.2 Å². The van der Waals surface area contributed by atoms with Gasteiger partial charge in [0.05, 0.1) is 6.61 Å². The van der Waals surface area contributed by atoms with E-state index in [9.17, 15) is 9.59 Å². The minimum Gasteiger partial charge on any atom is -0.380 e. The van der Waals surface area contributed by atoms with Gasteiger partial charge in [-0.15, -0.1) is 0 Å². The molecule has 19 heavy (non-hydrogen) atoms. The smallest absolute Gasteiger partial charge is 0.249 e. The first-order valence-electron chi connectivity index (χ1n) is 6.30. The van der Waals surface area contributed by atoms with Crippen molar-refractivity contribution >= 4 is 17.5 Å². The molecule has 0 aromatic heterocycles. The normalized spacial score (nSPS) is 20.1. The second-order valence-corrected chi connectivity index (χ2v) is 4.63. The molecule has 1 unspecified atom stereocenters. The van der Waals surface area contributed by atoms with E-state index in [1.165, 1.54) is 0 Å². The molecule has 5 heteroatoms. The minimum absolute atomic E-state index is 0.0829. The van der Waals surface area contributed by atoms with E-state index in [-0.39, 0.29) is 11.8 Å². The quantitative estimate of drug-likeness (QED) is 0.886. The van der Waals surface area contributed by atoms with E-state index in [1.54, 1.807) is 18.9 Å². The molecule has 0 saturated carbocycles. The fraction of sp³-hybridized carbons (Fsp3) is 0.429. The molecule has 1 saturated heterocycles. The molecule has 1 aliphatic rings. The summed E-state index contributed by atoms with van der Waals surface area (Å²) < 4.78 is 5.09. The lowest BCUT2D eigenvalue weighted by Crippen LogP contribution is -2.42. The molecule has 2 rings (SSSR count). The predicted octanol–water partition coefficient (Wildman–Crippen LogP) is 1.07. The zero-order valence-corrected chi connectivity index (χ0v) is 11.2. The van der Waals surface area contributed by atoms with Gasteiger partial charge in [0.25, 0.3) is 0 Å². The number of carbonyl (C=O) groups is 2. The molecule has 0 bridgehead atoms. The molecule has 0 spiro atoms. The fourth-order valence-corrected chi connectivity index (χ4v) is 2.17. The number of carbonyl (C=O) groups excluding carboxylic acids is 2. The summed E-state index contributed by atoms with van der Waals surface area (Å²) in [5.41, 5.74) is 1.81. The fourth-order valence-electron chi connectivity index (χ4n) is 2.17. The van der Waals surface area contributed by atoms with Crippen molar-refractivity contribution in [1.82, 2.24) is 5.32 Å². The van der Waals surface area contributed by atoms with Crippen molar-refractivity contribution in [2.45, 2.75) is 26.0 Å². The lowest BCUT2D eigenvalue weighted by Gasteiger charge is -2.22. The van der Waals surface area contributed by atoms with Crippen molar-refractivity contribution in [2.75, 3.05) is 18.6 Å². The number of nitrogens with zero attached hydrogens (tertiary/aromatic N) is 1. The van der Waals surface area contributed by atoms with Gasteiger partial charge in [-0.25, -0.2) is 0 Å². The summed E-state index contributed by atoms with van der Waals surface area (Å²) in [5.74, 6) is -0.170. The highest BCUT2D eigenvalue weighted by molar-refractivity contribution is 6.01. The average molecular weight is 262 g/mol. The number of ether oxygens (including phenoxy) is 1. The van der Waals surface area contributed by atoms with Crippen LogP contribution in [0.5, 0.6) is 0 Å². The minimum atomic E-state index is -0.485. The molecule has 1 aliphatic heterocycles. The van der Waals surface area contributed by atoms with Crippen LogP contribution in [0.25, 0.3) is 0 Å². The summed E-state index contributed by atoms with van der Waals surface area (Å²) in [6.45, 7) is 2.62. The van der Waals surface area contributed by atoms with E-state index >= 15 is 0 Å². The highest BCUT2D eigenvalue weighted by Gasteiger charge is 2.27. The van der Waals surface area contributed by atoms with Gasteiger partial charge >= 0.3 is 0 Å². The SMILES string of the molecule is COCc1cccc(N2CCC(=O)NC(C)C2=O)c1. The number of anilines is 1. The molecule has 1 heterocycles. The second-order valence-electron chi connectivity index (χ2n) is 4.63. The molecule has 1 N–H and O–H groups in total. The van der Waals surface area contributed by atoms with Crippen LogP contribution in [0.3, 0.4) is 0 Å². The van der Waals surface area contributed by atoms with E-state index in [1.807, 2.05) is 24.3 Å². The molecule has 1 atom stereocenters. The first-order valence-corrected chi connectivity index (χ1v) is 6.30. The van der Waals surface area contributed by atoms with Gasteiger partial charge in [-0.2, -0.15) is 0 Å². The third-order valence-corrected chi connectivity index (χ3v) is 3.11. The monoisotopic (exact) mass is 262 g/mol. The van der Waals surface area contributed by atoms with Crippen molar-refractivity contribution in [3.8, 4) is 0 Å². The van der Waals surface area contributed by atoms with E-state index in [2.05, 4.69) is 5.32 Å². The third kappa shape index (κ3) is 3.12. The summed E-state index contributed by atoms with van der Waals surface area (Å²) in [4.78, 5) is 25.4. The van der Waals surface area contributed by atoms with Crippen LogP contribution in [-0.2, 0) is 20.9 Å². The Morgan fingerprint density at radius 3 is 2.95 bits per heavy atom. The van der Waals surface area contributed by atoms with Gasteiger partial charge in [0.1, 0.15) is 6.04 Å². The Labute approximate surface area is 112 Å². The Kier molecular flexibility index (Phi) is 4.16. The maximum absolute atomic E-state index is 12.2. The highest BCUT2D eigenvalue weighted by atomic mass is 16.5. The van der Waals surface area contributed by atoms with Crippen molar-refractivity contribution in [2.24, 2.45) is 0 Å². The molecule has 1 aromatic carbocycles. The lowest BCUT2D eigenvalue weighted by atomic mass is 10.2. The molecule has 0 aliphatic carbocycles. The Bertz CT molecular complexity index is 487. The maximum Gasteiger partial charge on any atom is 0.249 e. The standard InChI is InChI=1S/C14H18N2O3/c1-10-14(18)16(7-6-13(17)15-10)12-5-3-4-11(8-12)9-19-2/h3-5,8,10H,6-7,9H2,1-2H3,(H,15,17). The number of methoxy groups -OCH3 is 1. The number of hydrogen-bond acceptors (Lipinski definition) is 3. The van der Waals surface area contributed by atoms with Gasteiger partial charge in [0.2, 0.25) is 11.8 Å². The summed E-state index contributed by atoms with van der Waals surface area (Å²) >= 11 is 0. The maximum atomic E-state index is 12.2. The molecular weight excluding hydrogens is 244 g/mol. The Morgan fingerprint density at radius 2 is 2.21 bits per heavy atom. The number of amides is 2. The zero-order valence-electron chi connectivity index (χ0n) is 11.2. The van der Waals surface area contributed by atoms with Gasteiger partial charge in [-0.1, -0.05) is 12.1 Å². The van der Waals surface area contributed by atoms with Crippen LogP contribution in [0.1, 0.15) is 18.9 Å². The average Bonchev–Trinajstić information content (AvgIpc) is 2.51. The Hall–Kier alpha value is -1.88. The predicted molar refractivity (Wildman–Crippen MR) is 71.7 cm³/mol. The van der Waals surface area contributed by atoms with Crippen molar-refractivity contribution in [3.63, 3.8) is 0 Å². The molecule has 102 valence electrons. The number of rotatable bonds is 3. The third-order valence-electron chi connectivity index (χ3n) is 3.11. The van der Waals surface area contributed by atoms with Gasteiger partial charge in [-0.05, 0) is 24.6 Å². The first-order chi connectivity index (χ1) is 9.11. The van der Waals surface area contributed by atoms with Crippen molar-refractivity contribution in [1.29, 1.82) is 0 Å². The number of hydrogen-bond donors (Lipinski definition) is 1. The number of benzene rings is 1. The van der Waals surface area contributed by atoms with Crippen LogP contribution in [0.4, 0.5) is 5.69 Å². The summed E-state index contributed by atoms with van der Waals surface area (Å²) in [6, 6.07) is 7.15. The first kappa shape index (κ1) is 13.5. The molecule has 5 nitrogen and oxygen atoms in total. The van der Waals surface area contributed by atoms with Crippen LogP contribution in [0.15, 0.2) is 24.3 Å². The zero-order chi connectivity index (χ0) is 13.8. The van der Waals surface area contributed by atoms with E-state index in [4.69, 9.17) is 4.74 Å². The summed E-state index contributed by atoms with van der Waals surface area (Å²) in [6.07, 6.45) is 0.324. The van der Waals surface area contributed by atoms with Crippen LogP contribution in [-0.4, -0.2) is 31.5 Å². The summed E-state index contributed by atoms with van der Waals surface area (Å²) in [5, 5.41) is 2.68. The Balaban J connectivity index is 2.26. The van der Waals surface area contributed by atoms with Crippen LogP contribution in [0.2, 0.25) is 0 Å². The van der Waals surface area contributed by atoms with Crippen molar-refractivity contribution in [3.05, 3.63) is 29.8 Å². The largest absolute Gasteiger partial charge is 0.380 e. The summed E-state index contributed by atoms with van der Waals surface area (Å²) in [7, 11) is 1.63. The highest BCUT2D eigenvalue weighted by Crippen LogP contribution is 2.19. The van der Waals surface area contributed by atoms with Gasteiger partial charge in [0, 0.05) is 25.8 Å². The van der Waals surface area contributed by atoms with Crippen LogP contribution >= 0.6 is 0 Å². The number of nitrogens with one attached hydrogen (secondary N) is 1.